The number of aryl methyl sites for hydroxylation is 1. The topological polar surface area (TPSA) is 113 Å². The number of hydrogen-bond donors (Lipinski definition) is 4. The van der Waals surface area contributed by atoms with Crippen LogP contribution in [0.2, 0.25) is 0 Å². The fourth-order valence-corrected chi connectivity index (χ4v) is 1.50. The highest BCUT2D eigenvalue weighted by Crippen LogP contribution is 2.07. The van der Waals surface area contributed by atoms with Crippen LogP contribution in [0.1, 0.15) is 18.4 Å². The Morgan fingerprint density at radius 2 is 1.89 bits per heavy atom. The van der Waals surface area contributed by atoms with Crippen LogP contribution in [0.3, 0.4) is 0 Å². The van der Waals surface area contributed by atoms with Crippen LogP contribution in [0.25, 0.3) is 0 Å². The van der Waals surface area contributed by atoms with Crippen LogP contribution < -0.4 is 11.1 Å². The molecular weight excluding hydrogens is 248 g/mol. The molecule has 5 N–H and O–H groups in total. The van der Waals surface area contributed by atoms with Crippen LogP contribution in [0.15, 0.2) is 24.3 Å². The number of benzene rings is 1. The third-order valence-electron chi connectivity index (χ3n) is 2.65. The number of rotatable bonds is 7. The first kappa shape index (κ1) is 15.0. The number of amides is 1. The van der Waals surface area contributed by atoms with Crippen molar-refractivity contribution in [1.82, 2.24) is 5.32 Å². The van der Waals surface area contributed by atoms with Gasteiger partial charge in [-0.3, -0.25) is 4.79 Å². The molecule has 0 aliphatic rings. The number of carbonyl (C=O) groups excluding carboxylic acids is 1. The summed E-state index contributed by atoms with van der Waals surface area (Å²) in [7, 11) is 0. The highest BCUT2D eigenvalue weighted by Gasteiger charge is 2.12. The van der Waals surface area contributed by atoms with Gasteiger partial charge in [-0.2, -0.15) is 0 Å². The lowest BCUT2D eigenvalue weighted by molar-refractivity contribution is -0.147. The van der Waals surface area contributed by atoms with E-state index in [1.165, 1.54) is 0 Å². The van der Waals surface area contributed by atoms with E-state index in [0.29, 0.717) is 18.5 Å². The fraction of sp³-hybridized carbons (Fsp3) is 0.385. The second-order valence-electron chi connectivity index (χ2n) is 4.23. The second kappa shape index (κ2) is 7.38. The Morgan fingerprint density at radius 1 is 1.26 bits per heavy atom. The van der Waals surface area contributed by atoms with E-state index in [-0.39, 0.29) is 18.9 Å². The first-order valence-corrected chi connectivity index (χ1v) is 6.01. The largest absolute Gasteiger partial charge is 0.479 e. The van der Waals surface area contributed by atoms with E-state index in [0.717, 1.165) is 5.56 Å². The smallest absolute Gasteiger partial charge is 0.332 e. The van der Waals surface area contributed by atoms with Gasteiger partial charge < -0.3 is 21.3 Å². The number of nitrogen functional groups attached to an aromatic ring is 1. The van der Waals surface area contributed by atoms with Crippen LogP contribution in [-0.2, 0) is 16.0 Å². The summed E-state index contributed by atoms with van der Waals surface area (Å²) in [6.07, 6.45) is -0.527. The molecule has 0 radical (unpaired) electrons. The molecule has 0 bridgehead atoms. The summed E-state index contributed by atoms with van der Waals surface area (Å²) in [6.45, 7) is 0.147. The fourth-order valence-electron chi connectivity index (χ4n) is 1.50. The summed E-state index contributed by atoms with van der Waals surface area (Å²) >= 11 is 0. The predicted octanol–water partition coefficient (Wildman–Crippen LogP) is 0.153. The lowest BCUT2D eigenvalue weighted by Gasteiger charge is -2.07. The predicted molar refractivity (Wildman–Crippen MR) is 70.4 cm³/mol. The summed E-state index contributed by atoms with van der Waals surface area (Å²) in [5.74, 6) is -1.45. The number of carboxylic acids is 1. The number of carboxylic acid groups (broad SMARTS) is 1. The number of aliphatic hydroxyl groups is 1. The number of nitrogens with two attached hydrogens (primary N) is 1. The van der Waals surface area contributed by atoms with Gasteiger partial charge in [0.15, 0.2) is 6.10 Å². The van der Waals surface area contributed by atoms with Gasteiger partial charge in [0.1, 0.15) is 0 Å². The maximum Gasteiger partial charge on any atom is 0.332 e. The molecule has 6 nitrogen and oxygen atoms in total. The average molecular weight is 266 g/mol. The maximum atomic E-state index is 11.5. The van der Waals surface area contributed by atoms with Gasteiger partial charge >= 0.3 is 5.97 Å². The Bertz CT molecular complexity index is 431. The molecule has 0 saturated carbocycles. The van der Waals surface area contributed by atoms with E-state index >= 15 is 0 Å². The van der Waals surface area contributed by atoms with Crippen molar-refractivity contribution in [2.45, 2.75) is 25.4 Å². The molecule has 1 aromatic carbocycles. The SMILES string of the molecule is Nc1ccc(CCC(=O)NCC[C@H](O)C(=O)O)cc1. The Kier molecular flexibility index (Phi) is 5.81. The Morgan fingerprint density at radius 3 is 2.47 bits per heavy atom. The summed E-state index contributed by atoms with van der Waals surface area (Å²) in [5.41, 5.74) is 7.24. The molecule has 0 aliphatic carbocycles. The number of carbonyl (C=O) groups is 2. The molecule has 0 unspecified atom stereocenters. The first-order valence-electron chi connectivity index (χ1n) is 6.01. The number of aliphatic hydroxyl groups excluding tert-OH is 1. The van der Waals surface area contributed by atoms with E-state index in [1.807, 2.05) is 12.1 Å². The quantitative estimate of drug-likeness (QED) is 0.525. The van der Waals surface area contributed by atoms with E-state index in [2.05, 4.69) is 5.32 Å². The summed E-state index contributed by atoms with van der Waals surface area (Å²) < 4.78 is 0. The minimum Gasteiger partial charge on any atom is -0.479 e. The van der Waals surface area contributed by atoms with E-state index in [1.54, 1.807) is 12.1 Å². The highest BCUT2D eigenvalue weighted by molar-refractivity contribution is 5.76. The van der Waals surface area contributed by atoms with Gasteiger partial charge in [-0.25, -0.2) is 4.79 Å². The maximum absolute atomic E-state index is 11.5. The monoisotopic (exact) mass is 266 g/mol. The van der Waals surface area contributed by atoms with Crippen molar-refractivity contribution in [3.63, 3.8) is 0 Å². The highest BCUT2D eigenvalue weighted by atomic mass is 16.4. The van der Waals surface area contributed by atoms with Gasteiger partial charge in [0.2, 0.25) is 5.91 Å². The van der Waals surface area contributed by atoms with Crippen molar-refractivity contribution >= 4 is 17.6 Å². The summed E-state index contributed by atoms with van der Waals surface area (Å²) in [5, 5.41) is 20.0. The van der Waals surface area contributed by atoms with E-state index in [4.69, 9.17) is 15.9 Å². The number of anilines is 1. The third-order valence-corrected chi connectivity index (χ3v) is 2.65. The molecule has 0 fully saturated rings. The molecular formula is C13H18N2O4. The molecule has 0 heterocycles. The van der Waals surface area contributed by atoms with Gasteiger partial charge in [-0.15, -0.1) is 0 Å². The number of aliphatic carboxylic acids is 1. The molecule has 1 atom stereocenters. The zero-order valence-corrected chi connectivity index (χ0v) is 10.5. The van der Waals surface area contributed by atoms with Crippen LogP contribution >= 0.6 is 0 Å². The number of nitrogens with one attached hydrogen (secondary N) is 1. The Hall–Kier alpha value is -2.08. The lowest BCUT2D eigenvalue weighted by atomic mass is 10.1. The molecule has 1 amide bonds. The average Bonchev–Trinajstić information content (AvgIpc) is 2.37. The Labute approximate surface area is 111 Å². The third kappa shape index (κ3) is 5.87. The number of hydrogen-bond acceptors (Lipinski definition) is 4. The van der Waals surface area contributed by atoms with Crippen molar-refractivity contribution in [2.24, 2.45) is 0 Å². The zero-order valence-electron chi connectivity index (χ0n) is 10.5. The lowest BCUT2D eigenvalue weighted by Crippen LogP contribution is -2.30. The summed E-state index contributed by atoms with van der Waals surface area (Å²) in [4.78, 5) is 21.8. The molecule has 6 heteroatoms. The van der Waals surface area contributed by atoms with Gasteiger partial charge in [-0.1, -0.05) is 12.1 Å². The standard InChI is InChI=1S/C13H18N2O4/c14-10-4-1-9(2-5-10)3-6-12(17)15-8-7-11(16)13(18)19/h1-2,4-5,11,16H,3,6-8,14H2,(H,15,17)(H,18,19)/t11-/m0/s1. The molecule has 104 valence electrons. The zero-order chi connectivity index (χ0) is 14.3. The van der Waals surface area contributed by atoms with Crippen LogP contribution in [0.5, 0.6) is 0 Å². The van der Waals surface area contributed by atoms with Gasteiger partial charge in [0.25, 0.3) is 0 Å². The van der Waals surface area contributed by atoms with E-state index in [9.17, 15) is 9.59 Å². The van der Waals surface area contributed by atoms with Gasteiger partial charge in [0, 0.05) is 25.1 Å². The van der Waals surface area contributed by atoms with Gasteiger partial charge in [0.05, 0.1) is 0 Å². The van der Waals surface area contributed by atoms with Crippen LogP contribution in [-0.4, -0.2) is 34.7 Å². The second-order valence-corrected chi connectivity index (χ2v) is 4.23. The minimum atomic E-state index is -1.43. The minimum absolute atomic E-state index is 0.00292. The first-order chi connectivity index (χ1) is 8.99. The van der Waals surface area contributed by atoms with Crippen LogP contribution in [0, 0.1) is 0 Å². The molecule has 0 aliphatic heterocycles. The van der Waals surface area contributed by atoms with E-state index < -0.39 is 12.1 Å². The molecule has 19 heavy (non-hydrogen) atoms. The Balaban J connectivity index is 2.21. The molecule has 0 aromatic heterocycles. The van der Waals surface area contributed by atoms with Crippen molar-refractivity contribution in [3.8, 4) is 0 Å². The van der Waals surface area contributed by atoms with Crippen LogP contribution in [0.4, 0.5) is 5.69 Å². The molecule has 1 aromatic rings. The van der Waals surface area contributed by atoms with Gasteiger partial charge in [-0.05, 0) is 24.1 Å². The molecule has 0 spiro atoms. The van der Waals surface area contributed by atoms with Crippen molar-refractivity contribution in [3.05, 3.63) is 29.8 Å². The normalized spacial score (nSPS) is 11.8. The molecule has 1 rings (SSSR count). The van der Waals surface area contributed by atoms with Crippen molar-refractivity contribution in [1.29, 1.82) is 0 Å². The van der Waals surface area contributed by atoms with Crippen molar-refractivity contribution in [2.75, 3.05) is 12.3 Å². The van der Waals surface area contributed by atoms with Crippen molar-refractivity contribution < 1.29 is 19.8 Å². The summed E-state index contributed by atoms with van der Waals surface area (Å²) in [6, 6.07) is 7.26. The molecule has 0 saturated heterocycles.